The predicted molar refractivity (Wildman–Crippen MR) is 112 cm³/mol. The highest BCUT2D eigenvalue weighted by Gasteiger charge is 2.16. The third-order valence-corrected chi connectivity index (χ3v) is 6.24. The molecule has 5 nitrogen and oxygen atoms in total. The van der Waals surface area contributed by atoms with Gasteiger partial charge in [0.2, 0.25) is 0 Å². The highest BCUT2D eigenvalue weighted by Crippen LogP contribution is 2.32. The number of thiophene rings is 1. The van der Waals surface area contributed by atoms with Gasteiger partial charge < -0.3 is 14.0 Å². The van der Waals surface area contributed by atoms with Gasteiger partial charge in [-0.2, -0.15) is 4.99 Å². The molecular formula is C18H18Cl2N2O3S2. The number of halogens is 2. The highest BCUT2D eigenvalue weighted by molar-refractivity contribution is 7.20. The average Bonchev–Trinajstić information content (AvgIpc) is 3.15. The van der Waals surface area contributed by atoms with Gasteiger partial charge in [0.15, 0.2) is 4.80 Å². The first-order valence-electron chi connectivity index (χ1n) is 8.41. The van der Waals surface area contributed by atoms with Crippen LogP contribution in [0.4, 0.5) is 0 Å². The molecule has 0 aliphatic heterocycles. The fraction of sp³-hybridized carbons (Fsp3) is 0.333. The topological polar surface area (TPSA) is 52.8 Å². The molecule has 0 N–H and O–H groups in total. The first-order chi connectivity index (χ1) is 13.0. The molecule has 3 rings (SSSR count). The predicted octanol–water partition coefficient (Wildman–Crippen LogP) is 5.25. The number of nitrogens with zero attached hydrogens (tertiary/aromatic N) is 2. The van der Waals surface area contributed by atoms with Gasteiger partial charge in [-0.15, -0.1) is 11.3 Å². The van der Waals surface area contributed by atoms with E-state index >= 15 is 0 Å². The van der Waals surface area contributed by atoms with Crippen molar-refractivity contribution in [2.24, 2.45) is 4.99 Å². The molecule has 0 bridgehead atoms. The third-order valence-electron chi connectivity index (χ3n) is 3.71. The zero-order valence-corrected chi connectivity index (χ0v) is 18.0. The lowest BCUT2D eigenvalue weighted by Crippen LogP contribution is -2.20. The van der Waals surface area contributed by atoms with Crippen LogP contribution >= 0.6 is 45.9 Å². The van der Waals surface area contributed by atoms with Gasteiger partial charge in [0.25, 0.3) is 5.91 Å². The third kappa shape index (κ3) is 4.55. The van der Waals surface area contributed by atoms with Crippen LogP contribution in [0.2, 0.25) is 8.67 Å². The number of hydrogen-bond donors (Lipinski definition) is 0. The number of hydrogen-bond acceptors (Lipinski definition) is 5. The van der Waals surface area contributed by atoms with Gasteiger partial charge in [-0.1, -0.05) is 40.6 Å². The van der Waals surface area contributed by atoms with Gasteiger partial charge in [-0.3, -0.25) is 4.79 Å². The van der Waals surface area contributed by atoms with E-state index in [1.165, 1.54) is 11.3 Å². The summed E-state index contributed by atoms with van der Waals surface area (Å²) in [5.41, 5.74) is 1.22. The van der Waals surface area contributed by atoms with Crippen LogP contribution in [0.15, 0.2) is 29.3 Å². The Balaban J connectivity index is 2.13. The molecule has 0 radical (unpaired) electrons. The monoisotopic (exact) mass is 444 g/mol. The number of amides is 1. The number of benzene rings is 1. The molecule has 1 amide bonds. The zero-order chi connectivity index (χ0) is 19.4. The Morgan fingerprint density at radius 1 is 1.22 bits per heavy atom. The second-order valence-electron chi connectivity index (χ2n) is 5.42. The van der Waals surface area contributed by atoms with Gasteiger partial charge in [0.1, 0.15) is 15.6 Å². The van der Waals surface area contributed by atoms with E-state index in [9.17, 15) is 4.79 Å². The highest BCUT2D eigenvalue weighted by atomic mass is 35.5. The molecular weight excluding hydrogens is 427 g/mol. The summed E-state index contributed by atoms with van der Waals surface area (Å²) in [7, 11) is 0. The zero-order valence-electron chi connectivity index (χ0n) is 14.8. The second-order valence-corrected chi connectivity index (χ2v) is 8.72. The van der Waals surface area contributed by atoms with E-state index in [2.05, 4.69) is 4.99 Å². The lowest BCUT2D eigenvalue weighted by molar-refractivity contribution is 0.0997. The standard InChI is InChI=1S/C18H18Cl2N2O3S2/c1-3-24-9-8-22-15-12(25-4-2)6-5-7-13(15)26-18(22)21-17(23)11-10-14(19)27-16(11)20/h5-7,10H,3-4,8-9H2,1-2H3. The second kappa shape index (κ2) is 9.21. The molecule has 2 aromatic heterocycles. The van der Waals surface area contributed by atoms with Crippen LogP contribution in [0, 0.1) is 0 Å². The van der Waals surface area contributed by atoms with Crippen molar-refractivity contribution >= 4 is 62.0 Å². The average molecular weight is 445 g/mol. The van der Waals surface area contributed by atoms with Gasteiger partial charge >= 0.3 is 0 Å². The van der Waals surface area contributed by atoms with Crippen LogP contribution in [-0.2, 0) is 11.3 Å². The first-order valence-corrected chi connectivity index (χ1v) is 10.8. The normalized spacial score (nSPS) is 12.1. The van der Waals surface area contributed by atoms with E-state index in [1.807, 2.05) is 36.6 Å². The summed E-state index contributed by atoms with van der Waals surface area (Å²) in [4.78, 5) is 17.5. The van der Waals surface area contributed by atoms with Crippen LogP contribution in [0.1, 0.15) is 24.2 Å². The molecule has 0 aliphatic rings. The lowest BCUT2D eigenvalue weighted by Gasteiger charge is -2.09. The number of para-hydroxylation sites is 1. The Hall–Kier alpha value is -1.38. The van der Waals surface area contributed by atoms with Crippen LogP contribution < -0.4 is 9.54 Å². The quantitative estimate of drug-likeness (QED) is 0.467. The van der Waals surface area contributed by atoms with Crippen LogP contribution in [0.5, 0.6) is 5.75 Å². The van der Waals surface area contributed by atoms with Crippen molar-refractivity contribution < 1.29 is 14.3 Å². The molecule has 0 aliphatic carbocycles. The molecule has 0 spiro atoms. The maximum atomic E-state index is 12.6. The summed E-state index contributed by atoms with van der Waals surface area (Å²) >= 11 is 14.6. The summed E-state index contributed by atoms with van der Waals surface area (Å²) in [6.07, 6.45) is 0. The first kappa shape index (κ1) is 20.4. The Kier molecular flexibility index (Phi) is 6.94. The number of rotatable bonds is 7. The molecule has 3 aromatic rings. The Labute approximate surface area is 174 Å². The summed E-state index contributed by atoms with van der Waals surface area (Å²) in [6.45, 7) is 6.12. The number of thiazole rings is 1. The Morgan fingerprint density at radius 2 is 2.04 bits per heavy atom. The minimum Gasteiger partial charge on any atom is -0.492 e. The fourth-order valence-corrected chi connectivity index (χ4v) is 5.12. The van der Waals surface area contributed by atoms with Crippen molar-refractivity contribution in [3.8, 4) is 5.75 Å². The number of aromatic nitrogens is 1. The Morgan fingerprint density at radius 3 is 2.70 bits per heavy atom. The van der Waals surface area contributed by atoms with Gasteiger partial charge in [0.05, 0.1) is 27.8 Å². The Bertz CT molecular complexity index is 1020. The molecule has 0 saturated heterocycles. The van der Waals surface area contributed by atoms with E-state index in [1.54, 1.807) is 6.07 Å². The molecule has 1 aromatic carbocycles. The number of ether oxygens (including phenoxy) is 2. The maximum Gasteiger partial charge on any atom is 0.282 e. The van der Waals surface area contributed by atoms with E-state index < -0.39 is 5.91 Å². The van der Waals surface area contributed by atoms with E-state index in [0.717, 1.165) is 27.3 Å². The van der Waals surface area contributed by atoms with Gasteiger partial charge in [0, 0.05) is 13.2 Å². The molecule has 0 atom stereocenters. The molecule has 0 unspecified atom stereocenters. The molecule has 27 heavy (non-hydrogen) atoms. The van der Waals surface area contributed by atoms with E-state index in [0.29, 0.717) is 45.4 Å². The summed E-state index contributed by atoms with van der Waals surface area (Å²) < 4.78 is 15.0. The molecule has 0 fully saturated rings. The van der Waals surface area contributed by atoms with Crippen molar-refractivity contribution in [1.29, 1.82) is 0 Å². The molecule has 0 saturated carbocycles. The largest absolute Gasteiger partial charge is 0.492 e. The van der Waals surface area contributed by atoms with Crippen molar-refractivity contribution in [2.75, 3.05) is 19.8 Å². The summed E-state index contributed by atoms with van der Waals surface area (Å²) in [5, 5.41) is 0. The number of fused-ring (bicyclic) bond motifs is 1. The van der Waals surface area contributed by atoms with Crippen LogP contribution in [0.25, 0.3) is 10.2 Å². The minimum atomic E-state index is -0.419. The minimum absolute atomic E-state index is 0.311. The SMILES string of the molecule is CCOCCn1c(=NC(=O)c2cc(Cl)sc2Cl)sc2cccc(OCC)c21. The smallest absolute Gasteiger partial charge is 0.282 e. The van der Waals surface area contributed by atoms with Crippen molar-refractivity contribution in [2.45, 2.75) is 20.4 Å². The summed E-state index contributed by atoms with van der Waals surface area (Å²) in [5.74, 6) is 0.339. The molecule has 2 heterocycles. The van der Waals surface area contributed by atoms with E-state index in [4.69, 9.17) is 32.7 Å². The summed E-state index contributed by atoms with van der Waals surface area (Å²) in [6, 6.07) is 7.37. The van der Waals surface area contributed by atoms with Crippen LogP contribution in [0.3, 0.4) is 0 Å². The number of carbonyl (C=O) groups is 1. The van der Waals surface area contributed by atoms with E-state index in [-0.39, 0.29) is 0 Å². The number of carbonyl (C=O) groups excluding carboxylic acids is 1. The lowest BCUT2D eigenvalue weighted by atomic mass is 10.3. The fourth-order valence-electron chi connectivity index (χ4n) is 2.60. The van der Waals surface area contributed by atoms with Crippen LogP contribution in [-0.4, -0.2) is 30.3 Å². The van der Waals surface area contributed by atoms with Crippen molar-refractivity contribution in [3.05, 3.63) is 43.3 Å². The van der Waals surface area contributed by atoms with Gasteiger partial charge in [-0.25, -0.2) is 0 Å². The van der Waals surface area contributed by atoms with Crippen molar-refractivity contribution in [1.82, 2.24) is 4.57 Å². The molecule has 9 heteroatoms. The van der Waals surface area contributed by atoms with Crippen molar-refractivity contribution in [3.63, 3.8) is 0 Å². The maximum absolute atomic E-state index is 12.6. The van der Waals surface area contributed by atoms with Gasteiger partial charge in [-0.05, 0) is 32.0 Å². The molecule has 144 valence electrons.